The number of thiazole rings is 1. The minimum Gasteiger partial charge on any atom is -0.258 e. The molecule has 104 valence electrons. The van der Waals surface area contributed by atoms with E-state index >= 15 is 0 Å². The maximum Gasteiger partial charge on any atom is 0.271 e. The molecule has 2 aromatic carbocycles. The van der Waals surface area contributed by atoms with Gasteiger partial charge in [-0.15, -0.1) is 11.3 Å². The molecule has 0 aliphatic heterocycles. The summed E-state index contributed by atoms with van der Waals surface area (Å²) in [6.07, 6.45) is 3.93. The average Bonchev–Trinajstić information content (AvgIpc) is 2.87. The minimum atomic E-state index is -0.402. The van der Waals surface area contributed by atoms with Crippen molar-refractivity contribution < 1.29 is 4.92 Å². The number of non-ortho nitro benzene ring substituents is 1. The van der Waals surface area contributed by atoms with E-state index in [1.807, 2.05) is 37.3 Å². The quantitative estimate of drug-likeness (QED) is 0.520. The van der Waals surface area contributed by atoms with Crippen molar-refractivity contribution in [3.05, 3.63) is 68.7 Å². The molecule has 0 atom stereocenters. The molecule has 0 unspecified atom stereocenters. The highest BCUT2D eigenvalue weighted by Gasteiger charge is 2.09. The lowest BCUT2D eigenvalue weighted by Crippen LogP contribution is -1.86. The topological polar surface area (TPSA) is 56.0 Å². The van der Waals surface area contributed by atoms with Gasteiger partial charge in [0, 0.05) is 12.1 Å². The Morgan fingerprint density at radius 2 is 2.05 bits per heavy atom. The van der Waals surface area contributed by atoms with Crippen LogP contribution in [-0.4, -0.2) is 9.91 Å². The smallest absolute Gasteiger partial charge is 0.258 e. The summed E-state index contributed by atoms with van der Waals surface area (Å²) in [6.45, 7) is 2.05. The van der Waals surface area contributed by atoms with Crippen molar-refractivity contribution in [3.8, 4) is 0 Å². The van der Waals surface area contributed by atoms with Gasteiger partial charge in [0.05, 0.1) is 15.1 Å². The van der Waals surface area contributed by atoms with Crippen molar-refractivity contribution in [2.45, 2.75) is 6.92 Å². The molecule has 4 nitrogen and oxygen atoms in total. The Kier molecular flexibility index (Phi) is 3.50. The normalized spacial score (nSPS) is 11.3. The Bertz CT molecular complexity index is 852. The molecule has 0 bridgehead atoms. The number of nitrogens with zero attached hydrogens (tertiary/aromatic N) is 2. The molecule has 21 heavy (non-hydrogen) atoms. The summed E-state index contributed by atoms with van der Waals surface area (Å²) < 4.78 is 0.949. The first-order chi connectivity index (χ1) is 10.1. The van der Waals surface area contributed by atoms with Crippen LogP contribution in [0.2, 0.25) is 0 Å². The van der Waals surface area contributed by atoms with Crippen LogP contribution in [0.1, 0.15) is 16.1 Å². The number of nitro benzene ring substituents is 1. The van der Waals surface area contributed by atoms with Crippen LogP contribution < -0.4 is 0 Å². The average molecular weight is 296 g/mol. The van der Waals surface area contributed by atoms with Gasteiger partial charge in [-0.05, 0) is 24.6 Å². The first-order valence-corrected chi connectivity index (χ1v) is 7.23. The maximum atomic E-state index is 10.8. The Morgan fingerprint density at radius 1 is 1.19 bits per heavy atom. The lowest BCUT2D eigenvalue weighted by molar-refractivity contribution is -0.384. The molecule has 0 amide bonds. The van der Waals surface area contributed by atoms with Crippen molar-refractivity contribution in [1.29, 1.82) is 0 Å². The number of aromatic nitrogens is 1. The molecule has 1 aromatic heterocycles. The second-order valence-corrected chi connectivity index (χ2v) is 5.77. The van der Waals surface area contributed by atoms with Crippen molar-refractivity contribution in [2.24, 2.45) is 0 Å². The molecule has 5 heteroatoms. The highest BCUT2D eigenvalue weighted by Crippen LogP contribution is 2.27. The highest BCUT2D eigenvalue weighted by molar-refractivity contribution is 7.19. The summed E-state index contributed by atoms with van der Waals surface area (Å²) in [4.78, 5) is 14.8. The molecule has 0 aliphatic carbocycles. The second-order valence-electron chi connectivity index (χ2n) is 4.71. The predicted octanol–water partition coefficient (Wildman–Crippen LogP) is 4.68. The molecule has 0 aliphatic rings. The van der Waals surface area contributed by atoms with Crippen LogP contribution in [0.15, 0.2) is 42.5 Å². The molecular weight excluding hydrogens is 284 g/mol. The number of aryl methyl sites for hydroxylation is 1. The van der Waals surface area contributed by atoms with Gasteiger partial charge >= 0.3 is 0 Å². The van der Waals surface area contributed by atoms with E-state index in [-0.39, 0.29) is 5.69 Å². The molecule has 0 N–H and O–H groups in total. The van der Waals surface area contributed by atoms with E-state index in [9.17, 15) is 10.1 Å². The van der Waals surface area contributed by atoms with Crippen LogP contribution in [0.25, 0.3) is 22.4 Å². The molecular formula is C16H12N2O2S. The van der Waals surface area contributed by atoms with Gasteiger partial charge in [-0.1, -0.05) is 35.9 Å². The summed E-state index contributed by atoms with van der Waals surface area (Å²) in [5.41, 5.74) is 3.05. The number of fused-ring (bicyclic) bond motifs is 1. The largest absolute Gasteiger partial charge is 0.271 e. The molecule has 0 saturated carbocycles. The summed E-state index contributed by atoms with van der Waals surface area (Å²) in [5.74, 6) is 0. The Labute approximate surface area is 125 Å². The zero-order chi connectivity index (χ0) is 14.8. The standard InChI is InChI=1S/C16H12N2O2S/c1-11-3-2-4-12(9-11)5-8-16-17-14-10-13(18(19)20)6-7-15(14)21-16/h2-10H,1H3. The summed E-state index contributed by atoms with van der Waals surface area (Å²) in [7, 11) is 0. The zero-order valence-electron chi connectivity index (χ0n) is 11.3. The Morgan fingerprint density at radius 3 is 2.81 bits per heavy atom. The summed E-state index contributed by atoms with van der Waals surface area (Å²) in [5, 5.41) is 11.6. The second kappa shape index (κ2) is 5.46. The van der Waals surface area contributed by atoms with Crippen molar-refractivity contribution >= 4 is 39.4 Å². The Balaban J connectivity index is 1.92. The van der Waals surface area contributed by atoms with Crippen molar-refractivity contribution in [2.75, 3.05) is 0 Å². The molecule has 1 heterocycles. The summed E-state index contributed by atoms with van der Waals surface area (Å²) >= 11 is 1.52. The fraction of sp³-hybridized carbons (Fsp3) is 0.0625. The lowest BCUT2D eigenvalue weighted by Gasteiger charge is -1.94. The van der Waals surface area contributed by atoms with Crippen LogP contribution in [0.5, 0.6) is 0 Å². The molecule has 0 spiro atoms. The van der Waals surface area contributed by atoms with Crippen LogP contribution in [0, 0.1) is 17.0 Å². The number of nitro groups is 1. The monoisotopic (exact) mass is 296 g/mol. The van der Waals surface area contributed by atoms with E-state index in [0.29, 0.717) is 5.52 Å². The molecule has 3 rings (SSSR count). The minimum absolute atomic E-state index is 0.0713. The third-order valence-electron chi connectivity index (χ3n) is 3.06. The van der Waals surface area contributed by atoms with E-state index in [2.05, 4.69) is 11.1 Å². The molecule has 0 saturated heterocycles. The van der Waals surface area contributed by atoms with E-state index in [4.69, 9.17) is 0 Å². The van der Waals surface area contributed by atoms with Crippen molar-refractivity contribution in [3.63, 3.8) is 0 Å². The fourth-order valence-electron chi connectivity index (χ4n) is 2.06. The van der Waals surface area contributed by atoms with Crippen molar-refractivity contribution in [1.82, 2.24) is 4.98 Å². The Hall–Kier alpha value is -2.53. The third kappa shape index (κ3) is 2.98. The first kappa shape index (κ1) is 13.5. The van der Waals surface area contributed by atoms with Gasteiger partial charge in [0.25, 0.3) is 5.69 Å². The van der Waals surface area contributed by atoms with Gasteiger partial charge in [-0.25, -0.2) is 4.98 Å². The van der Waals surface area contributed by atoms with Crippen LogP contribution in [0.3, 0.4) is 0 Å². The number of benzene rings is 2. The van der Waals surface area contributed by atoms with Gasteiger partial charge in [0.1, 0.15) is 5.01 Å². The van der Waals surface area contributed by atoms with Gasteiger partial charge < -0.3 is 0 Å². The number of rotatable bonds is 3. The van der Waals surface area contributed by atoms with Gasteiger partial charge in [0.15, 0.2) is 0 Å². The van der Waals surface area contributed by atoms with Crippen LogP contribution in [-0.2, 0) is 0 Å². The summed E-state index contributed by atoms with van der Waals surface area (Å²) in [6, 6.07) is 12.9. The molecule has 0 radical (unpaired) electrons. The van der Waals surface area contributed by atoms with Gasteiger partial charge in [-0.2, -0.15) is 0 Å². The van der Waals surface area contributed by atoms with E-state index in [1.54, 1.807) is 6.07 Å². The van der Waals surface area contributed by atoms with Gasteiger partial charge in [0.2, 0.25) is 0 Å². The maximum absolute atomic E-state index is 10.8. The zero-order valence-corrected chi connectivity index (χ0v) is 12.1. The third-order valence-corrected chi connectivity index (χ3v) is 4.06. The predicted molar refractivity (Wildman–Crippen MR) is 86.4 cm³/mol. The van der Waals surface area contributed by atoms with Gasteiger partial charge in [-0.3, -0.25) is 10.1 Å². The first-order valence-electron chi connectivity index (χ1n) is 6.41. The highest BCUT2D eigenvalue weighted by atomic mass is 32.1. The van der Waals surface area contributed by atoms with E-state index < -0.39 is 4.92 Å². The molecule has 3 aromatic rings. The molecule has 0 fully saturated rings. The number of hydrogen-bond acceptors (Lipinski definition) is 4. The van der Waals surface area contributed by atoms with E-state index in [0.717, 1.165) is 15.3 Å². The SMILES string of the molecule is Cc1cccc(C=Cc2nc3cc([N+](=O)[O-])ccc3s2)c1. The van der Waals surface area contributed by atoms with Crippen LogP contribution in [0.4, 0.5) is 5.69 Å². The van der Waals surface area contributed by atoms with E-state index in [1.165, 1.54) is 29.0 Å². The van der Waals surface area contributed by atoms with Crippen LogP contribution >= 0.6 is 11.3 Å². The lowest BCUT2D eigenvalue weighted by atomic mass is 10.1. The fourth-order valence-corrected chi connectivity index (χ4v) is 2.91. The number of hydrogen-bond donors (Lipinski definition) is 0.